The molecule has 3 heterocycles. The van der Waals surface area contributed by atoms with Crippen LogP contribution in [0.15, 0.2) is 42.7 Å². The maximum absolute atomic E-state index is 11.1. The van der Waals surface area contributed by atoms with E-state index >= 15 is 0 Å². The van der Waals surface area contributed by atoms with Crippen LogP contribution in [-0.2, 0) is 17.8 Å². The highest BCUT2D eigenvalue weighted by Crippen LogP contribution is 2.34. The fraction of sp³-hybridized carbons (Fsp3) is 0.211. The van der Waals surface area contributed by atoms with Gasteiger partial charge in [0.1, 0.15) is 0 Å². The van der Waals surface area contributed by atoms with Crippen molar-refractivity contribution in [2.45, 2.75) is 13.0 Å². The van der Waals surface area contributed by atoms with Crippen LogP contribution in [0, 0.1) is 0 Å². The molecule has 0 unspecified atom stereocenters. The second kappa shape index (κ2) is 7.31. The molecule has 6 nitrogen and oxygen atoms in total. The predicted octanol–water partition coefficient (Wildman–Crippen LogP) is 3.68. The first-order chi connectivity index (χ1) is 13.0. The zero-order chi connectivity index (χ0) is 19.0. The Labute approximate surface area is 166 Å². The zero-order valence-electron chi connectivity index (χ0n) is 14.3. The molecule has 3 aromatic rings. The average molecular weight is 403 g/mol. The molecule has 4 rings (SSSR count). The summed E-state index contributed by atoms with van der Waals surface area (Å²) >= 11 is 12.3. The monoisotopic (exact) mass is 402 g/mol. The van der Waals surface area contributed by atoms with E-state index in [9.17, 15) is 4.79 Å². The molecule has 2 aromatic heterocycles. The molecule has 27 heavy (non-hydrogen) atoms. The molecule has 0 aliphatic carbocycles. The minimum atomic E-state index is -0.835. The van der Waals surface area contributed by atoms with E-state index in [0.29, 0.717) is 29.6 Å². The zero-order valence-corrected chi connectivity index (χ0v) is 15.8. The largest absolute Gasteiger partial charge is 0.480 e. The van der Waals surface area contributed by atoms with E-state index in [1.807, 2.05) is 27.8 Å². The summed E-state index contributed by atoms with van der Waals surface area (Å²) in [5, 5.41) is 14.9. The number of aliphatic carboxylic acids is 1. The first-order valence-electron chi connectivity index (χ1n) is 8.43. The van der Waals surface area contributed by atoms with Crippen molar-refractivity contribution in [2.24, 2.45) is 0 Å². The molecule has 0 fully saturated rings. The third kappa shape index (κ3) is 3.56. The van der Waals surface area contributed by atoms with Crippen LogP contribution in [0.1, 0.15) is 11.3 Å². The highest BCUT2D eigenvalue weighted by atomic mass is 35.5. The lowest BCUT2D eigenvalue weighted by Crippen LogP contribution is -2.34. The molecule has 0 saturated carbocycles. The van der Waals surface area contributed by atoms with Crippen molar-refractivity contribution in [3.05, 3.63) is 64.0 Å². The van der Waals surface area contributed by atoms with Crippen LogP contribution in [0.2, 0.25) is 10.0 Å². The molecule has 0 spiro atoms. The molecule has 0 amide bonds. The number of pyridine rings is 1. The van der Waals surface area contributed by atoms with Gasteiger partial charge in [-0.2, -0.15) is 5.10 Å². The van der Waals surface area contributed by atoms with E-state index in [1.165, 1.54) is 0 Å². The van der Waals surface area contributed by atoms with Gasteiger partial charge in [-0.05, 0) is 30.3 Å². The third-order valence-corrected chi connectivity index (χ3v) is 5.29. The summed E-state index contributed by atoms with van der Waals surface area (Å²) in [5.74, 6) is -0.835. The summed E-state index contributed by atoms with van der Waals surface area (Å²) in [6, 6.07) is 9.21. The van der Waals surface area contributed by atoms with Crippen molar-refractivity contribution in [1.82, 2.24) is 19.7 Å². The van der Waals surface area contributed by atoms with Gasteiger partial charge in [-0.1, -0.05) is 23.2 Å². The van der Waals surface area contributed by atoms with Gasteiger partial charge in [0, 0.05) is 43.0 Å². The number of carbonyl (C=O) groups is 1. The molecule has 0 atom stereocenters. The molecule has 138 valence electrons. The maximum atomic E-state index is 11.1. The molecule has 1 aromatic carbocycles. The number of hydrogen-bond acceptors (Lipinski definition) is 4. The molecule has 1 aliphatic rings. The van der Waals surface area contributed by atoms with Crippen molar-refractivity contribution < 1.29 is 9.90 Å². The van der Waals surface area contributed by atoms with E-state index in [2.05, 4.69) is 4.98 Å². The Hall–Kier alpha value is -2.41. The average Bonchev–Trinajstić information content (AvgIpc) is 3.03. The second-order valence-electron chi connectivity index (χ2n) is 6.38. The van der Waals surface area contributed by atoms with Crippen molar-refractivity contribution in [1.29, 1.82) is 0 Å². The van der Waals surface area contributed by atoms with Gasteiger partial charge in [-0.3, -0.25) is 14.7 Å². The van der Waals surface area contributed by atoms with Gasteiger partial charge in [0.15, 0.2) is 0 Å². The Bertz CT molecular complexity index is 1000. The van der Waals surface area contributed by atoms with Crippen molar-refractivity contribution in [3.63, 3.8) is 0 Å². The first-order valence-corrected chi connectivity index (χ1v) is 9.19. The van der Waals surface area contributed by atoms with E-state index in [0.717, 1.165) is 28.2 Å². The highest BCUT2D eigenvalue weighted by Gasteiger charge is 2.27. The smallest absolute Gasteiger partial charge is 0.317 e. The molecular weight excluding hydrogens is 387 g/mol. The minimum absolute atomic E-state index is 0.00384. The van der Waals surface area contributed by atoms with Crippen molar-refractivity contribution >= 4 is 29.2 Å². The molecule has 1 aliphatic heterocycles. The Morgan fingerprint density at radius 3 is 2.78 bits per heavy atom. The normalized spacial score (nSPS) is 14.1. The molecule has 0 radical (unpaired) electrons. The highest BCUT2D eigenvalue weighted by molar-refractivity contribution is 6.42. The van der Waals surface area contributed by atoms with E-state index in [-0.39, 0.29) is 6.54 Å². The number of fused-ring (bicyclic) bond motifs is 1. The predicted molar refractivity (Wildman–Crippen MR) is 103 cm³/mol. The number of carboxylic acids is 1. The van der Waals surface area contributed by atoms with E-state index in [1.54, 1.807) is 24.5 Å². The maximum Gasteiger partial charge on any atom is 0.317 e. The number of rotatable bonds is 4. The van der Waals surface area contributed by atoms with Crippen molar-refractivity contribution in [3.8, 4) is 16.9 Å². The first kappa shape index (κ1) is 18.0. The minimum Gasteiger partial charge on any atom is -0.480 e. The summed E-state index contributed by atoms with van der Waals surface area (Å²) in [5.41, 5.74) is 4.58. The fourth-order valence-electron chi connectivity index (χ4n) is 3.36. The number of benzene rings is 1. The van der Waals surface area contributed by atoms with Crippen molar-refractivity contribution in [2.75, 3.05) is 13.1 Å². The van der Waals surface area contributed by atoms with Crippen LogP contribution < -0.4 is 0 Å². The second-order valence-corrected chi connectivity index (χ2v) is 7.19. The topological polar surface area (TPSA) is 71.2 Å². The Balaban J connectivity index is 1.86. The lowest BCUT2D eigenvalue weighted by atomic mass is 10.0. The number of carboxylic acid groups (broad SMARTS) is 1. The Morgan fingerprint density at radius 2 is 2.07 bits per heavy atom. The fourth-order valence-corrected chi connectivity index (χ4v) is 3.65. The number of hydrogen-bond donors (Lipinski definition) is 1. The summed E-state index contributed by atoms with van der Waals surface area (Å²) in [6.07, 6.45) is 4.18. The SMILES string of the molecule is O=C(O)CN1CCc2nn(-c3ccc(Cl)c(Cl)c3)c(-c3cccnc3)c2C1. The molecule has 1 N–H and O–H groups in total. The van der Waals surface area contributed by atoms with Crippen LogP contribution in [0.25, 0.3) is 16.9 Å². The van der Waals surface area contributed by atoms with Gasteiger partial charge in [-0.25, -0.2) is 4.68 Å². The van der Waals surface area contributed by atoms with E-state index < -0.39 is 5.97 Å². The van der Waals surface area contributed by atoms with Crippen LogP contribution in [0.4, 0.5) is 0 Å². The van der Waals surface area contributed by atoms with Gasteiger partial charge in [0.05, 0.1) is 33.7 Å². The lowest BCUT2D eigenvalue weighted by molar-refractivity contribution is -0.138. The van der Waals surface area contributed by atoms with Gasteiger partial charge >= 0.3 is 5.97 Å². The van der Waals surface area contributed by atoms with Crippen LogP contribution in [-0.4, -0.2) is 43.8 Å². The molecule has 0 bridgehead atoms. The summed E-state index contributed by atoms with van der Waals surface area (Å²) < 4.78 is 1.84. The van der Waals surface area contributed by atoms with Crippen LogP contribution >= 0.6 is 23.2 Å². The summed E-state index contributed by atoms with van der Waals surface area (Å²) in [6.45, 7) is 1.18. The Morgan fingerprint density at radius 1 is 1.22 bits per heavy atom. The van der Waals surface area contributed by atoms with Gasteiger partial charge in [0.25, 0.3) is 0 Å². The standard InChI is InChI=1S/C19H16Cl2N4O2/c20-15-4-3-13(8-16(15)21)25-19(12-2-1-6-22-9-12)14-10-24(11-18(26)27)7-5-17(14)23-25/h1-4,6,8-9H,5,7,10-11H2,(H,26,27). The summed E-state index contributed by atoms with van der Waals surface area (Å²) in [7, 11) is 0. The lowest BCUT2D eigenvalue weighted by Gasteiger charge is -2.25. The third-order valence-electron chi connectivity index (χ3n) is 4.55. The summed E-state index contributed by atoms with van der Waals surface area (Å²) in [4.78, 5) is 17.3. The van der Waals surface area contributed by atoms with E-state index in [4.69, 9.17) is 33.4 Å². The van der Waals surface area contributed by atoms with Crippen LogP contribution in [0.5, 0.6) is 0 Å². The number of halogens is 2. The number of aromatic nitrogens is 3. The van der Waals surface area contributed by atoms with Gasteiger partial charge in [-0.15, -0.1) is 0 Å². The quantitative estimate of drug-likeness (QED) is 0.720. The van der Waals surface area contributed by atoms with Crippen LogP contribution in [0.3, 0.4) is 0 Å². The number of nitrogens with zero attached hydrogens (tertiary/aromatic N) is 4. The molecular formula is C19H16Cl2N4O2. The van der Waals surface area contributed by atoms with Gasteiger partial charge < -0.3 is 5.11 Å². The molecule has 0 saturated heterocycles. The Kier molecular flexibility index (Phi) is 4.86. The molecule has 8 heteroatoms. The van der Waals surface area contributed by atoms with Gasteiger partial charge in [0.2, 0.25) is 0 Å².